The van der Waals surface area contributed by atoms with Gasteiger partial charge in [-0.1, -0.05) is 0 Å². The highest BCUT2D eigenvalue weighted by Gasteiger charge is 2.10. The van der Waals surface area contributed by atoms with Crippen molar-refractivity contribution < 1.29 is 8.42 Å². The normalized spacial score (nSPS) is 11.5. The van der Waals surface area contributed by atoms with E-state index in [1.54, 1.807) is 6.92 Å². The van der Waals surface area contributed by atoms with E-state index in [-0.39, 0.29) is 10.5 Å². The number of aryl methyl sites for hydroxylation is 1. The molecule has 0 aliphatic carbocycles. The van der Waals surface area contributed by atoms with Gasteiger partial charge in [-0.15, -0.1) is 0 Å². The number of hydrogen-bond acceptors (Lipinski definition) is 3. The standard InChI is InChI=1S/C7H8ClNO3S/c1-2-9-5-6(13(8,11)12)3-4-7(9)10/h3-5H,2H2,1H3. The molecule has 1 heterocycles. The Morgan fingerprint density at radius 1 is 1.46 bits per heavy atom. The zero-order valence-electron chi connectivity index (χ0n) is 6.90. The third-order valence-electron chi connectivity index (χ3n) is 1.58. The quantitative estimate of drug-likeness (QED) is 0.694. The average Bonchev–Trinajstić information content (AvgIpc) is 2.03. The van der Waals surface area contributed by atoms with Crippen molar-refractivity contribution in [2.45, 2.75) is 18.4 Å². The third kappa shape index (κ3) is 2.32. The van der Waals surface area contributed by atoms with E-state index >= 15 is 0 Å². The summed E-state index contributed by atoms with van der Waals surface area (Å²) < 4.78 is 23.0. The lowest BCUT2D eigenvalue weighted by Gasteiger charge is -2.01. The van der Waals surface area contributed by atoms with Gasteiger partial charge >= 0.3 is 0 Å². The summed E-state index contributed by atoms with van der Waals surface area (Å²) in [5, 5.41) is 0. The molecule has 0 N–H and O–H groups in total. The Morgan fingerprint density at radius 2 is 2.08 bits per heavy atom. The van der Waals surface area contributed by atoms with Crippen LogP contribution in [0, 0.1) is 0 Å². The summed E-state index contributed by atoms with van der Waals surface area (Å²) in [6.45, 7) is 2.16. The maximum absolute atomic E-state index is 11.1. The monoisotopic (exact) mass is 221 g/mol. The van der Waals surface area contributed by atoms with E-state index in [4.69, 9.17) is 10.7 Å². The average molecular weight is 222 g/mol. The molecule has 0 aliphatic heterocycles. The molecule has 1 aromatic rings. The van der Waals surface area contributed by atoms with Crippen LogP contribution in [0.3, 0.4) is 0 Å². The molecule has 0 saturated carbocycles. The van der Waals surface area contributed by atoms with Crippen LogP contribution in [0.5, 0.6) is 0 Å². The molecule has 0 saturated heterocycles. The predicted octanol–water partition coefficient (Wildman–Crippen LogP) is 0.796. The van der Waals surface area contributed by atoms with Crippen molar-refractivity contribution in [3.8, 4) is 0 Å². The van der Waals surface area contributed by atoms with Gasteiger partial charge in [0.05, 0.1) is 4.90 Å². The van der Waals surface area contributed by atoms with Crippen molar-refractivity contribution in [1.29, 1.82) is 0 Å². The lowest BCUT2D eigenvalue weighted by molar-refractivity contribution is 0.606. The minimum atomic E-state index is -3.74. The summed E-state index contributed by atoms with van der Waals surface area (Å²) in [6.07, 6.45) is 1.23. The molecular formula is C7H8ClNO3S. The van der Waals surface area contributed by atoms with Gasteiger partial charge in [-0.05, 0) is 13.0 Å². The molecule has 0 unspecified atom stereocenters. The van der Waals surface area contributed by atoms with Crippen molar-refractivity contribution in [1.82, 2.24) is 4.57 Å². The molecular weight excluding hydrogens is 214 g/mol. The summed E-state index contributed by atoms with van der Waals surface area (Å²) in [4.78, 5) is 11.0. The number of hydrogen-bond donors (Lipinski definition) is 0. The van der Waals surface area contributed by atoms with Crippen LogP contribution in [0.25, 0.3) is 0 Å². The fourth-order valence-electron chi connectivity index (χ4n) is 0.901. The van der Waals surface area contributed by atoms with Crippen molar-refractivity contribution in [3.05, 3.63) is 28.7 Å². The number of rotatable bonds is 2. The zero-order chi connectivity index (χ0) is 10.1. The SMILES string of the molecule is CCn1cc(S(=O)(=O)Cl)ccc1=O. The fraction of sp³-hybridized carbons (Fsp3) is 0.286. The number of halogens is 1. The molecule has 0 radical (unpaired) electrons. The van der Waals surface area contributed by atoms with Gasteiger partial charge in [0, 0.05) is 29.5 Å². The summed E-state index contributed by atoms with van der Waals surface area (Å²) >= 11 is 0. The van der Waals surface area contributed by atoms with E-state index in [0.29, 0.717) is 6.54 Å². The number of nitrogens with zero attached hydrogens (tertiary/aromatic N) is 1. The lowest BCUT2D eigenvalue weighted by Crippen LogP contribution is -2.18. The molecule has 4 nitrogen and oxygen atoms in total. The molecule has 1 rings (SSSR count). The van der Waals surface area contributed by atoms with Gasteiger partial charge in [0.1, 0.15) is 0 Å². The van der Waals surface area contributed by atoms with Crippen molar-refractivity contribution >= 4 is 19.7 Å². The van der Waals surface area contributed by atoms with Crippen molar-refractivity contribution in [2.24, 2.45) is 0 Å². The van der Waals surface area contributed by atoms with Crippen LogP contribution in [0.4, 0.5) is 0 Å². The number of aromatic nitrogens is 1. The molecule has 0 fully saturated rings. The maximum Gasteiger partial charge on any atom is 0.262 e. The van der Waals surface area contributed by atoms with Crippen LogP contribution in [0.15, 0.2) is 28.0 Å². The van der Waals surface area contributed by atoms with E-state index in [0.717, 1.165) is 0 Å². The van der Waals surface area contributed by atoms with Gasteiger partial charge in [-0.3, -0.25) is 4.79 Å². The van der Waals surface area contributed by atoms with Crippen molar-refractivity contribution in [3.63, 3.8) is 0 Å². The Morgan fingerprint density at radius 3 is 2.54 bits per heavy atom. The number of pyridine rings is 1. The molecule has 6 heteroatoms. The van der Waals surface area contributed by atoms with Crippen molar-refractivity contribution in [2.75, 3.05) is 0 Å². The molecule has 0 aromatic carbocycles. The van der Waals surface area contributed by atoms with Gasteiger partial charge < -0.3 is 4.57 Å². The van der Waals surface area contributed by atoms with Gasteiger partial charge in [0.25, 0.3) is 14.6 Å². The first kappa shape index (κ1) is 10.3. The minimum Gasteiger partial charge on any atom is -0.314 e. The molecule has 0 spiro atoms. The van der Waals surface area contributed by atoms with Crippen LogP contribution in [-0.2, 0) is 15.6 Å². The van der Waals surface area contributed by atoms with Crippen LogP contribution in [-0.4, -0.2) is 13.0 Å². The summed E-state index contributed by atoms with van der Waals surface area (Å²) in [7, 11) is 1.36. The molecule has 0 amide bonds. The zero-order valence-corrected chi connectivity index (χ0v) is 8.47. The molecule has 0 atom stereocenters. The summed E-state index contributed by atoms with van der Waals surface area (Å²) in [6, 6.07) is 2.37. The Kier molecular flexibility index (Phi) is 2.77. The van der Waals surface area contributed by atoms with E-state index in [1.165, 1.54) is 22.9 Å². The smallest absolute Gasteiger partial charge is 0.262 e. The second-order valence-electron chi connectivity index (χ2n) is 2.43. The molecule has 13 heavy (non-hydrogen) atoms. The first-order valence-electron chi connectivity index (χ1n) is 3.60. The van der Waals surface area contributed by atoms with Crippen LogP contribution in [0.2, 0.25) is 0 Å². The van der Waals surface area contributed by atoms with E-state index in [1.807, 2.05) is 0 Å². The highest BCUT2D eigenvalue weighted by molar-refractivity contribution is 8.13. The Balaban J connectivity index is 3.39. The topological polar surface area (TPSA) is 56.1 Å². The predicted molar refractivity (Wildman–Crippen MR) is 49.4 cm³/mol. The van der Waals surface area contributed by atoms with Gasteiger partial charge in [-0.2, -0.15) is 0 Å². The van der Waals surface area contributed by atoms with E-state index in [9.17, 15) is 13.2 Å². The van der Waals surface area contributed by atoms with Crippen LogP contribution in [0.1, 0.15) is 6.92 Å². The molecule has 0 aliphatic rings. The Hall–Kier alpha value is -0.810. The Bertz CT molecular complexity index is 463. The summed E-state index contributed by atoms with van der Waals surface area (Å²) in [5.74, 6) is 0. The second-order valence-corrected chi connectivity index (χ2v) is 4.99. The molecule has 1 aromatic heterocycles. The van der Waals surface area contributed by atoms with Gasteiger partial charge in [-0.25, -0.2) is 8.42 Å². The third-order valence-corrected chi connectivity index (χ3v) is 2.92. The lowest BCUT2D eigenvalue weighted by atomic mass is 10.5. The highest BCUT2D eigenvalue weighted by Crippen LogP contribution is 2.11. The minimum absolute atomic E-state index is 0.0596. The maximum atomic E-state index is 11.1. The van der Waals surface area contributed by atoms with Gasteiger partial charge in [0.2, 0.25) is 0 Å². The van der Waals surface area contributed by atoms with Crippen LogP contribution >= 0.6 is 10.7 Å². The van der Waals surface area contributed by atoms with Gasteiger partial charge in [0.15, 0.2) is 0 Å². The molecule has 0 bridgehead atoms. The first-order chi connectivity index (χ1) is 5.95. The highest BCUT2D eigenvalue weighted by atomic mass is 35.7. The van der Waals surface area contributed by atoms with E-state index in [2.05, 4.69) is 0 Å². The van der Waals surface area contributed by atoms with Crippen LogP contribution < -0.4 is 5.56 Å². The molecule has 72 valence electrons. The van der Waals surface area contributed by atoms with E-state index < -0.39 is 9.05 Å². The summed E-state index contributed by atoms with van der Waals surface area (Å²) in [5.41, 5.74) is -0.244. The fourth-order valence-corrected chi connectivity index (χ4v) is 1.66. The second kappa shape index (κ2) is 3.51. The largest absolute Gasteiger partial charge is 0.314 e. The first-order valence-corrected chi connectivity index (χ1v) is 5.91. The Labute approximate surface area is 80.2 Å².